The fourth-order valence-corrected chi connectivity index (χ4v) is 1.09. The molecular weight excluding hydrogens is 152 g/mol. The highest BCUT2D eigenvalue weighted by Crippen LogP contribution is 1.90. The molecule has 0 atom stereocenters. The second kappa shape index (κ2) is 4.07. The van der Waals surface area contributed by atoms with Crippen molar-refractivity contribution in [2.45, 2.75) is 19.9 Å². The molecule has 0 bridgehead atoms. The summed E-state index contributed by atoms with van der Waals surface area (Å²) < 4.78 is 1.70. The zero-order valence-corrected chi connectivity index (χ0v) is 7.29. The summed E-state index contributed by atoms with van der Waals surface area (Å²) in [4.78, 5) is 11.4. The number of aryl methyl sites for hydroxylation is 2. The topological polar surface area (TPSA) is 48.0 Å². The van der Waals surface area contributed by atoms with Gasteiger partial charge in [-0.2, -0.15) is 0 Å². The molecule has 0 aromatic carbocycles. The van der Waals surface area contributed by atoms with Gasteiger partial charge in [0.15, 0.2) is 0 Å². The van der Waals surface area contributed by atoms with E-state index in [1.165, 1.54) is 0 Å². The van der Waals surface area contributed by atoms with Gasteiger partial charge in [-0.05, 0) is 26.0 Å². The molecule has 0 aliphatic heterocycles. The fourth-order valence-electron chi connectivity index (χ4n) is 1.09. The van der Waals surface area contributed by atoms with E-state index in [0.717, 1.165) is 18.5 Å². The van der Waals surface area contributed by atoms with E-state index in [-0.39, 0.29) is 5.56 Å². The van der Waals surface area contributed by atoms with E-state index in [9.17, 15) is 4.79 Å². The molecule has 0 amide bonds. The summed E-state index contributed by atoms with van der Waals surface area (Å²) in [5.74, 6) is 0. The quantitative estimate of drug-likeness (QED) is 0.711. The van der Waals surface area contributed by atoms with E-state index in [1.54, 1.807) is 10.8 Å². The minimum absolute atomic E-state index is 0.0888. The second-order valence-corrected chi connectivity index (χ2v) is 2.83. The normalized spacial score (nSPS) is 10.2. The van der Waals surface area contributed by atoms with E-state index < -0.39 is 0 Å². The van der Waals surface area contributed by atoms with Crippen molar-refractivity contribution in [2.24, 2.45) is 5.73 Å². The predicted molar refractivity (Wildman–Crippen MR) is 49.1 cm³/mol. The van der Waals surface area contributed by atoms with Crippen LogP contribution in [0.3, 0.4) is 0 Å². The monoisotopic (exact) mass is 166 g/mol. The highest BCUT2D eigenvalue weighted by molar-refractivity contribution is 5.07. The predicted octanol–water partition coefficient (Wildman–Crippen LogP) is 0.506. The molecule has 0 fully saturated rings. The number of nitrogens with two attached hydrogens (primary N) is 1. The van der Waals surface area contributed by atoms with Crippen LogP contribution < -0.4 is 11.3 Å². The smallest absolute Gasteiger partial charge is 0.253 e. The maximum absolute atomic E-state index is 11.4. The molecule has 1 heterocycles. The van der Waals surface area contributed by atoms with Crippen LogP contribution in [0.4, 0.5) is 0 Å². The van der Waals surface area contributed by atoms with Crippen LogP contribution in [0, 0.1) is 6.92 Å². The van der Waals surface area contributed by atoms with Crippen LogP contribution in [-0.4, -0.2) is 11.1 Å². The summed E-state index contributed by atoms with van der Waals surface area (Å²) in [5.41, 5.74) is 6.22. The molecule has 3 heteroatoms. The summed E-state index contributed by atoms with van der Waals surface area (Å²) >= 11 is 0. The Bertz CT molecular complexity index is 304. The van der Waals surface area contributed by atoms with Crippen molar-refractivity contribution in [2.75, 3.05) is 6.54 Å². The molecule has 2 N–H and O–H groups in total. The number of pyridine rings is 1. The Labute approximate surface area is 71.8 Å². The molecule has 0 saturated heterocycles. The lowest BCUT2D eigenvalue weighted by Crippen LogP contribution is -2.22. The molecule has 0 radical (unpaired) electrons. The Kier molecular flexibility index (Phi) is 3.05. The van der Waals surface area contributed by atoms with Gasteiger partial charge in [0.05, 0.1) is 0 Å². The van der Waals surface area contributed by atoms with Crippen molar-refractivity contribution in [1.82, 2.24) is 4.57 Å². The molecular formula is C9H14N2O. The van der Waals surface area contributed by atoms with Crippen LogP contribution >= 0.6 is 0 Å². The molecule has 66 valence electrons. The Morgan fingerprint density at radius 3 is 3.00 bits per heavy atom. The lowest BCUT2D eigenvalue weighted by atomic mass is 10.3. The van der Waals surface area contributed by atoms with E-state index in [4.69, 9.17) is 5.73 Å². The highest BCUT2D eigenvalue weighted by atomic mass is 16.1. The number of aromatic nitrogens is 1. The Hall–Kier alpha value is -1.09. The lowest BCUT2D eigenvalue weighted by molar-refractivity contribution is 0.627. The average molecular weight is 166 g/mol. The Balaban J connectivity index is 2.85. The van der Waals surface area contributed by atoms with Gasteiger partial charge in [0.1, 0.15) is 0 Å². The fraction of sp³-hybridized carbons (Fsp3) is 0.444. The maximum atomic E-state index is 11.4. The van der Waals surface area contributed by atoms with Crippen LogP contribution in [0.1, 0.15) is 12.0 Å². The van der Waals surface area contributed by atoms with Crippen LogP contribution in [-0.2, 0) is 6.54 Å². The molecule has 0 aliphatic rings. The van der Waals surface area contributed by atoms with Crippen molar-refractivity contribution in [1.29, 1.82) is 0 Å². The Morgan fingerprint density at radius 1 is 1.58 bits per heavy atom. The van der Waals surface area contributed by atoms with E-state index in [2.05, 4.69) is 0 Å². The molecule has 0 aliphatic carbocycles. The van der Waals surface area contributed by atoms with Gasteiger partial charge < -0.3 is 10.3 Å². The van der Waals surface area contributed by atoms with Gasteiger partial charge in [-0.15, -0.1) is 0 Å². The summed E-state index contributed by atoms with van der Waals surface area (Å²) in [7, 11) is 0. The molecule has 0 saturated carbocycles. The highest BCUT2D eigenvalue weighted by Gasteiger charge is 1.96. The molecule has 1 rings (SSSR count). The van der Waals surface area contributed by atoms with Gasteiger partial charge >= 0.3 is 0 Å². The van der Waals surface area contributed by atoms with Gasteiger partial charge in [-0.3, -0.25) is 4.79 Å². The number of nitrogens with zero attached hydrogens (tertiary/aromatic N) is 1. The molecule has 1 aromatic rings. The van der Waals surface area contributed by atoms with E-state index in [0.29, 0.717) is 6.54 Å². The van der Waals surface area contributed by atoms with Crippen LogP contribution in [0.2, 0.25) is 0 Å². The minimum Gasteiger partial charge on any atom is -0.330 e. The number of hydrogen-bond donors (Lipinski definition) is 1. The third-order valence-corrected chi connectivity index (χ3v) is 1.81. The summed E-state index contributed by atoms with van der Waals surface area (Å²) in [6.45, 7) is 3.17. The standard InChI is InChI=1S/C9H14N2O/c1-8-4-2-6-11(9(8)12)7-3-5-10/h2,4,6H,3,5,7,10H2,1H3. The lowest BCUT2D eigenvalue weighted by Gasteiger charge is -2.03. The van der Waals surface area contributed by atoms with Gasteiger partial charge in [-0.1, -0.05) is 6.07 Å². The van der Waals surface area contributed by atoms with Gasteiger partial charge in [0.25, 0.3) is 5.56 Å². The molecule has 0 unspecified atom stereocenters. The average Bonchev–Trinajstić information content (AvgIpc) is 2.08. The van der Waals surface area contributed by atoms with Crippen molar-refractivity contribution in [3.05, 3.63) is 34.2 Å². The van der Waals surface area contributed by atoms with Crippen LogP contribution in [0.15, 0.2) is 23.1 Å². The van der Waals surface area contributed by atoms with E-state index >= 15 is 0 Å². The summed E-state index contributed by atoms with van der Waals surface area (Å²) in [6, 6.07) is 3.70. The van der Waals surface area contributed by atoms with Crippen molar-refractivity contribution in [3.8, 4) is 0 Å². The largest absolute Gasteiger partial charge is 0.330 e. The Morgan fingerprint density at radius 2 is 2.33 bits per heavy atom. The minimum atomic E-state index is 0.0888. The van der Waals surface area contributed by atoms with Crippen LogP contribution in [0.25, 0.3) is 0 Å². The summed E-state index contributed by atoms with van der Waals surface area (Å²) in [6.07, 6.45) is 2.65. The van der Waals surface area contributed by atoms with Crippen molar-refractivity contribution in [3.63, 3.8) is 0 Å². The van der Waals surface area contributed by atoms with Crippen LogP contribution in [0.5, 0.6) is 0 Å². The zero-order valence-electron chi connectivity index (χ0n) is 7.29. The third kappa shape index (κ3) is 1.95. The van der Waals surface area contributed by atoms with Crippen molar-refractivity contribution < 1.29 is 0 Å². The maximum Gasteiger partial charge on any atom is 0.253 e. The number of hydrogen-bond acceptors (Lipinski definition) is 2. The van der Waals surface area contributed by atoms with E-state index in [1.807, 2.05) is 19.1 Å². The third-order valence-electron chi connectivity index (χ3n) is 1.81. The van der Waals surface area contributed by atoms with Crippen molar-refractivity contribution >= 4 is 0 Å². The number of rotatable bonds is 3. The summed E-state index contributed by atoms with van der Waals surface area (Å²) in [5, 5.41) is 0. The van der Waals surface area contributed by atoms with Gasteiger partial charge in [0.2, 0.25) is 0 Å². The van der Waals surface area contributed by atoms with Gasteiger partial charge in [-0.25, -0.2) is 0 Å². The molecule has 12 heavy (non-hydrogen) atoms. The second-order valence-electron chi connectivity index (χ2n) is 2.83. The zero-order chi connectivity index (χ0) is 8.97. The molecule has 1 aromatic heterocycles. The van der Waals surface area contributed by atoms with Gasteiger partial charge in [0, 0.05) is 18.3 Å². The first-order chi connectivity index (χ1) is 5.75. The SMILES string of the molecule is Cc1cccn(CCCN)c1=O. The first-order valence-corrected chi connectivity index (χ1v) is 4.12. The molecule has 3 nitrogen and oxygen atoms in total. The first kappa shape index (κ1) is 9.00. The first-order valence-electron chi connectivity index (χ1n) is 4.12. The molecule has 0 spiro atoms.